The first-order valence-electron chi connectivity index (χ1n) is 21.0. The Kier molecular flexibility index (Phi) is 9.60. The topological polar surface area (TPSA) is 35.9 Å². The molecule has 3 aromatic heterocycles. The molecule has 6 aromatic carbocycles. The van der Waals surface area contributed by atoms with Gasteiger partial charge in [-0.1, -0.05) is 153 Å². The second kappa shape index (κ2) is 14.4. The van der Waals surface area contributed by atoms with Crippen molar-refractivity contribution in [2.24, 2.45) is 5.41 Å². The Balaban J connectivity index is 0.00000476. The zero-order valence-electron chi connectivity index (χ0n) is 36.3. The number of imidazole rings is 1. The Morgan fingerprint density at radius 1 is 0.656 bits per heavy atom. The van der Waals surface area contributed by atoms with Crippen LogP contribution in [0.1, 0.15) is 79.0 Å². The van der Waals surface area contributed by atoms with Crippen LogP contribution in [-0.2, 0) is 37.3 Å². The smallest absolute Gasteiger partial charge is 0.268 e. The van der Waals surface area contributed by atoms with Crippen molar-refractivity contribution in [1.82, 2.24) is 14.1 Å². The standard InChI is InChI=1S/C55H50N4O.Pt/c1-52(2,3)37-30-31-56-49(32-37)59-45-23-14-13-22-42(45)43-27-26-40(34-48(43)59)60-39-21-17-20-38(33-39)57-35-58(47-25-16-15-24-46(47)57)51-41(36-18-11-10-12-19-36)28-29-44-50(51)54(6,7)55(8,9)53(44,4)5;/h10-32H,1-9H3;/q-2;. The first-order valence-corrected chi connectivity index (χ1v) is 21.0. The molecule has 0 bridgehead atoms. The van der Waals surface area contributed by atoms with E-state index in [0.717, 1.165) is 44.3 Å². The van der Waals surface area contributed by atoms with Crippen LogP contribution < -0.4 is 9.30 Å². The number of fused-ring (bicyclic) bond motifs is 5. The van der Waals surface area contributed by atoms with Crippen LogP contribution in [0.15, 0.2) is 140 Å². The summed E-state index contributed by atoms with van der Waals surface area (Å²) in [6.45, 7) is 21.2. The van der Waals surface area contributed by atoms with Gasteiger partial charge >= 0.3 is 0 Å². The van der Waals surface area contributed by atoms with Crippen LogP contribution >= 0.6 is 0 Å². The fraction of sp³-hybridized carbons (Fsp3) is 0.236. The SMILES string of the molecule is CC(C)(C)c1ccnc(-n2c3[c-]c(Oc4[c-]c(-n5[c-][n+](-c6c(-c7ccccc7)ccc7c6C(C)(C)C(C)(C)C7(C)C)c6ccccc65)ccc4)ccc3c3ccccc32)c1.[Pt]. The molecule has 0 fully saturated rings. The largest absolute Gasteiger partial charge is 0.510 e. The van der Waals surface area contributed by atoms with E-state index in [0.29, 0.717) is 11.5 Å². The number of pyridine rings is 1. The van der Waals surface area contributed by atoms with Crippen LogP contribution in [-0.4, -0.2) is 14.1 Å². The Morgan fingerprint density at radius 2 is 1.36 bits per heavy atom. The average molecular weight is 978 g/mol. The minimum atomic E-state index is -0.148. The molecule has 0 radical (unpaired) electrons. The first-order chi connectivity index (χ1) is 28.7. The van der Waals surface area contributed by atoms with Crippen LogP contribution in [0.4, 0.5) is 0 Å². The van der Waals surface area contributed by atoms with Crippen molar-refractivity contribution in [3.8, 4) is 39.8 Å². The second-order valence-electron chi connectivity index (χ2n) is 19.0. The van der Waals surface area contributed by atoms with Crippen LogP contribution in [0, 0.1) is 23.9 Å². The molecule has 9 aromatic rings. The summed E-state index contributed by atoms with van der Waals surface area (Å²) in [5.74, 6) is 2.05. The third-order valence-electron chi connectivity index (χ3n) is 14.1. The van der Waals surface area contributed by atoms with E-state index in [4.69, 9.17) is 9.72 Å². The fourth-order valence-corrected chi connectivity index (χ4v) is 9.59. The van der Waals surface area contributed by atoms with Gasteiger partial charge < -0.3 is 13.9 Å². The number of aromatic nitrogens is 4. The first kappa shape index (κ1) is 40.6. The minimum Gasteiger partial charge on any atom is -0.510 e. The number of para-hydroxylation sites is 3. The maximum absolute atomic E-state index is 6.65. The Hall–Kier alpha value is -5.77. The van der Waals surface area contributed by atoms with Crippen molar-refractivity contribution in [1.29, 1.82) is 0 Å². The number of benzene rings is 6. The van der Waals surface area contributed by atoms with Crippen LogP contribution in [0.5, 0.6) is 11.5 Å². The molecule has 0 aliphatic heterocycles. The fourth-order valence-electron chi connectivity index (χ4n) is 9.59. The van der Waals surface area contributed by atoms with Gasteiger partial charge in [0.05, 0.1) is 16.7 Å². The Labute approximate surface area is 373 Å². The van der Waals surface area contributed by atoms with E-state index >= 15 is 0 Å². The molecule has 0 amide bonds. The predicted molar refractivity (Wildman–Crippen MR) is 244 cm³/mol. The monoisotopic (exact) mass is 977 g/mol. The number of rotatable bonds is 6. The van der Waals surface area contributed by atoms with Gasteiger partial charge in [0.1, 0.15) is 5.82 Å². The molecule has 61 heavy (non-hydrogen) atoms. The van der Waals surface area contributed by atoms with Gasteiger partial charge in [-0.05, 0) is 78.7 Å². The molecule has 1 aliphatic carbocycles. The van der Waals surface area contributed by atoms with Crippen molar-refractivity contribution in [2.75, 3.05) is 0 Å². The summed E-state index contributed by atoms with van der Waals surface area (Å²) in [6.07, 6.45) is 5.76. The van der Waals surface area contributed by atoms with Gasteiger partial charge in [0, 0.05) is 44.3 Å². The minimum absolute atomic E-state index is 0. The number of hydrogen-bond acceptors (Lipinski definition) is 2. The summed E-state index contributed by atoms with van der Waals surface area (Å²) in [5.41, 5.74) is 12.2. The van der Waals surface area contributed by atoms with Gasteiger partial charge in [0.2, 0.25) is 0 Å². The van der Waals surface area contributed by atoms with Crippen LogP contribution in [0.2, 0.25) is 0 Å². The number of ether oxygens (including phenoxy) is 1. The summed E-state index contributed by atoms with van der Waals surface area (Å²) < 4.78 is 13.3. The molecule has 10 rings (SSSR count). The maximum Gasteiger partial charge on any atom is 0.268 e. The van der Waals surface area contributed by atoms with Crippen molar-refractivity contribution in [3.63, 3.8) is 0 Å². The normalized spacial score (nSPS) is 15.2. The van der Waals surface area contributed by atoms with Gasteiger partial charge in [-0.25, -0.2) is 4.98 Å². The molecular formula is C55H50N4OPt-2. The summed E-state index contributed by atoms with van der Waals surface area (Å²) in [6, 6.07) is 54.2. The van der Waals surface area contributed by atoms with E-state index in [1.807, 2.05) is 24.4 Å². The molecular weight excluding hydrogens is 928 g/mol. The van der Waals surface area contributed by atoms with Gasteiger partial charge in [-0.3, -0.25) is 4.57 Å². The van der Waals surface area contributed by atoms with Crippen molar-refractivity contribution in [3.05, 3.63) is 175 Å². The van der Waals surface area contributed by atoms with E-state index < -0.39 is 0 Å². The molecule has 3 heterocycles. The van der Waals surface area contributed by atoms with E-state index in [1.54, 1.807) is 0 Å². The summed E-state index contributed by atoms with van der Waals surface area (Å²) >= 11 is 0. The van der Waals surface area contributed by atoms with Gasteiger partial charge in [0.25, 0.3) is 6.33 Å². The van der Waals surface area contributed by atoms with Crippen molar-refractivity contribution in [2.45, 2.75) is 78.6 Å². The summed E-state index contributed by atoms with van der Waals surface area (Å²) in [5, 5.41) is 2.24. The molecule has 0 atom stereocenters. The van der Waals surface area contributed by atoms with Gasteiger partial charge in [-0.15, -0.1) is 29.7 Å². The zero-order chi connectivity index (χ0) is 41.8. The average Bonchev–Trinajstić information content (AvgIpc) is 3.82. The molecule has 6 heteroatoms. The van der Waals surface area contributed by atoms with E-state index in [1.165, 1.54) is 33.5 Å². The third kappa shape index (κ3) is 6.22. The van der Waals surface area contributed by atoms with Crippen molar-refractivity contribution >= 4 is 32.8 Å². The zero-order valence-corrected chi connectivity index (χ0v) is 38.6. The summed E-state index contributed by atoms with van der Waals surface area (Å²) in [4.78, 5) is 4.85. The second-order valence-corrected chi connectivity index (χ2v) is 19.0. The molecule has 0 unspecified atom stereocenters. The van der Waals surface area contributed by atoms with E-state index in [2.05, 4.69) is 210 Å². The van der Waals surface area contributed by atoms with Gasteiger partial charge in [-0.2, -0.15) is 18.2 Å². The van der Waals surface area contributed by atoms with Gasteiger partial charge in [0.15, 0.2) is 0 Å². The van der Waals surface area contributed by atoms with Crippen LogP contribution in [0.25, 0.3) is 61.2 Å². The van der Waals surface area contributed by atoms with Crippen molar-refractivity contribution < 1.29 is 30.4 Å². The molecule has 0 saturated carbocycles. The predicted octanol–water partition coefficient (Wildman–Crippen LogP) is 13.1. The quantitative estimate of drug-likeness (QED) is 0.123. The summed E-state index contributed by atoms with van der Waals surface area (Å²) in [7, 11) is 0. The maximum atomic E-state index is 6.65. The van der Waals surface area contributed by atoms with Crippen LogP contribution in [0.3, 0.4) is 0 Å². The number of nitrogens with zero attached hydrogens (tertiary/aromatic N) is 4. The number of hydrogen-bond donors (Lipinski definition) is 0. The molecule has 308 valence electrons. The molecule has 0 spiro atoms. The van der Waals surface area contributed by atoms with E-state index in [9.17, 15) is 0 Å². The Morgan fingerprint density at radius 3 is 2.13 bits per heavy atom. The van der Waals surface area contributed by atoms with E-state index in [-0.39, 0.29) is 42.7 Å². The Bertz CT molecular complexity index is 3140. The molecule has 5 nitrogen and oxygen atoms in total. The molecule has 0 N–H and O–H groups in total. The third-order valence-corrected chi connectivity index (χ3v) is 14.1. The molecule has 1 aliphatic rings. The molecule has 0 saturated heterocycles.